The van der Waals surface area contributed by atoms with Gasteiger partial charge in [0.2, 0.25) is 0 Å². The lowest BCUT2D eigenvalue weighted by Crippen LogP contribution is -2.37. The summed E-state index contributed by atoms with van der Waals surface area (Å²) in [6, 6.07) is 7.89. The van der Waals surface area contributed by atoms with Gasteiger partial charge in [-0.3, -0.25) is 9.48 Å². The van der Waals surface area contributed by atoms with E-state index >= 15 is 0 Å². The molecule has 1 aromatic carbocycles. The fourth-order valence-electron chi connectivity index (χ4n) is 3.66. The molecule has 0 fully saturated rings. The average molecular weight is 442 g/mol. The van der Waals surface area contributed by atoms with Crippen LogP contribution in [0.4, 0.5) is 0 Å². The number of amides is 1. The molecule has 9 nitrogen and oxygen atoms in total. The van der Waals surface area contributed by atoms with E-state index in [9.17, 15) is 9.59 Å². The van der Waals surface area contributed by atoms with Gasteiger partial charge in [0.1, 0.15) is 5.75 Å². The van der Waals surface area contributed by atoms with Crippen molar-refractivity contribution in [2.24, 2.45) is 0 Å². The van der Waals surface area contributed by atoms with E-state index in [1.165, 1.54) is 6.20 Å². The zero-order valence-corrected chi connectivity index (χ0v) is 18.2. The van der Waals surface area contributed by atoms with Gasteiger partial charge in [0.05, 0.1) is 38.2 Å². The monoisotopic (exact) mass is 441 g/mol. The first kappa shape index (κ1) is 21.0. The minimum atomic E-state index is -0.466. The molecule has 1 aliphatic heterocycles. The van der Waals surface area contributed by atoms with E-state index in [1.807, 2.05) is 28.9 Å². The summed E-state index contributed by atoms with van der Waals surface area (Å²) in [5.41, 5.74) is 3.46. The highest BCUT2D eigenvalue weighted by molar-refractivity contribution is 6.99. The molecule has 162 valence electrons. The first-order valence-corrected chi connectivity index (χ1v) is 10.8. The van der Waals surface area contributed by atoms with Crippen molar-refractivity contribution in [1.29, 1.82) is 0 Å². The number of esters is 1. The van der Waals surface area contributed by atoms with Gasteiger partial charge in [0, 0.05) is 30.8 Å². The van der Waals surface area contributed by atoms with Crippen molar-refractivity contribution in [2.75, 3.05) is 20.3 Å². The SMILES string of the molecule is CCOC(=O)c1nn(CCc2ccc(OC)cc2)c2c1CN(C(=O)c1cnsn1)CC2. The van der Waals surface area contributed by atoms with Gasteiger partial charge < -0.3 is 14.4 Å². The van der Waals surface area contributed by atoms with Crippen LogP contribution >= 0.6 is 11.7 Å². The van der Waals surface area contributed by atoms with Gasteiger partial charge in [0.15, 0.2) is 11.4 Å². The maximum Gasteiger partial charge on any atom is 0.359 e. The Morgan fingerprint density at radius 1 is 1.23 bits per heavy atom. The molecule has 0 spiro atoms. The highest BCUT2D eigenvalue weighted by atomic mass is 32.1. The maximum atomic E-state index is 12.7. The van der Waals surface area contributed by atoms with Gasteiger partial charge in [-0.05, 0) is 31.0 Å². The molecule has 10 heteroatoms. The van der Waals surface area contributed by atoms with Gasteiger partial charge >= 0.3 is 5.97 Å². The molecule has 0 N–H and O–H groups in total. The molecule has 4 rings (SSSR count). The maximum absolute atomic E-state index is 12.7. The number of nitrogens with zero attached hydrogens (tertiary/aromatic N) is 5. The van der Waals surface area contributed by atoms with Gasteiger partial charge in [-0.15, -0.1) is 0 Å². The molecule has 0 saturated heterocycles. The van der Waals surface area contributed by atoms with Crippen LogP contribution in [0.5, 0.6) is 5.75 Å². The third-order valence-corrected chi connectivity index (χ3v) is 5.72. The third-order valence-electron chi connectivity index (χ3n) is 5.24. The van der Waals surface area contributed by atoms with Gasteiger partial charge in [-0.2, -0.15) is 13.8 Å². The summed E-state index contributed by atoms with van der Waals surface area (Å²) >= 11 is 0.997. The molecule has 0 atom stereocenters. The highest BCUT2D eigenvalue weighted by Gasteiger charge is 2.31. The zero-order chi connectivity index (χ0) is 21.8. The second kappa shape index (κ2) is 9.25. The molecule has 1 amide bonds. The first-order valence-electron chi connectivity index (χ1n) is 10.1. The number of rotatable bonds is 7. The molecule has 0 radical (unpaired) electrons. The summed E-state index contributed by atoms with van der Waals surface area (Å²) in [6.45, 7) is 3.47. The standard InChI is InChI=1S/C21H23N5O4S/c1-3-30-21(28)19-16-13-25(20(27)17-12-22-31-24-17)10-9-18(16)26(23-19)11-8-14-4-6-15(29-2)7-5-14/h4-7,12H,3,8-11,13H2,1-2H3. The second-order valence-corrected chi connectivity index (χ2v) is 7.64. The molecule has 0 unspecified atom stereocenters. The van der Waals surface area contributed by atoms with E-state index in [0.29, 0.717) is 31.7 Å². The summed E-state index contributed by atoms with van der Waals surface area (Å²) in [5.74, 6) is 0.150. The topological polar surface area (TPSA) is 99.4 Å². The Hall–Kier alpha value is -3.27. The van der Waals surface area contributed by atoms with Gasteiger partial charge in [0.25, 0.3) is 5.91 Å². The molecule has 0 bridgehead atoms. The van der Waals surface area contributed by atoms with Crippen LogP contribution in [0.2, 0.25) is 0 Å². The summed E-state index contributed by atoms with van der Waals surface area (Å²) in [7, 11) is 1.64. The Kier molecular flexibility index (Phi) is 6.26. The van der Waals surface area contributed by atoms with Crippen LogP contribution in [0.25, 0.3) is 0 Å². The van der Waals surface area contributed by atoms with Crippen molar-refractivity contribution in [3.63, 3.8) is 0 Å². The summed E-state index contributed by atoms with van der Waals surface area (Å²) in [6.07, 6.45) is 2.83. The quantitative estimate of drug-likeness (QED) is 0.519. The van der Waals surface area contributed by atoms with Crippen LogP contribution in [0.1, 0.15) is 44.7 Å². The number of hydrogen-bond acceptors (Lipinski definition) is 8. The van der Waals surface area contributed by atoms with E-state index in [1.54, 1.807) is 18.9 Å². The normalized spacial score (nSPS) is 13.0. The Bertz CT molecular complexity index is 1060. The van der Waals surface area contributed by atoms with Gasteiger partial charge in [-0.25, -0.2) is 4.79 Å². The van der Waals surface area contributed by atoms with Crippen LogP contribution in [0.15, 0.2) is 30.5 Å². The number of carbonyl (C=O) groups excluding carboxylic acids is 2. The molecular weight excluding hydrogens is 418 g/mol. The summed E-state index contributed by atoms with van der Waals surface area (Å²) in [4.78, 5) is 26.9. The second-order valence-electron chi connectivity index (χ2n) is 7.08. The van der Waals surface area contributed by atoms with E-state index < -0.39 is 5.97 Å². The number of aryl methyl sites for hydroxylation is 2. The fraction of sp³-hybridized carbons (Fsp3) is 0.381. The summed E-state index contributed by atoms with van der Waals surface area (Å²) in [5, 5.41) is 4.57. The largest absolute Gasteiger partial charge is 0.497 e. The predicted molar refractivity (Wildman–Crippen MR) is 113 cm³/mol. The number of hydrogen-bond donors (Lipinski definition) is 0. The minimum absolute atomic E-state index is 0.194. The van der Waals surface area contributed by atoms with Crippen LogP contribution in [-0.4, -0.2) is 55.6 Å². The van der Waals surface area contributed by atoms with E-state index in [-0.39, 0.29) is 18.2 Å². The van der Waals surface area contributed by atoms with Crippen LogP contribution in [0, 0.1) is 0 Å². The molecule has 1 aliphatic rings. The fourth-order valence-corrected chi connectivity index (χ4v) is 4.07. The molecule has 0 saturated carbocycles. The molecule has 3 aromatic rings. The van der Waals surface area contributed by atoms with Crippen LogP contribution in [0.3, 0.4) is 0 Å². The van der Waals surface area contributed by atoms with Gasteiger partial charge in [-0.1, -0.05) is 12.1 Å². The Morgan fingerprint density at radius 2 is 2.03 bits per heavy atom. The summed E-state index contributed by atoms with van der Waals surface area (Å²) < 4.78 is 20.2. The predicted octanol–water partition coefficient (Wildman–Crippen LogP) is 2.36. The van der Waals surface area contributed by atoms with Crippen molar-refractivity contribution in [1.82, 2.24) is 23.4 Å². The van der Waals surface area contributed by atoms with E-state index in [0.717, 1.165) is 40.7 Å². The van der Waals surface area contributed by atoms with Crippen LogP contribution < -0.4 is 4.74 Å². The number of fused-ring (bicyclic) bond motifs is 1. The van der Waals surface area contributed by atoms with Crippen molar-refractivity contribution < 1.29 is 19.1 Å². The Morgan fingerprint density at radius 3 is 2.71 bits per heavy atom. The highest BCUT2D eigenvalue weighted by Crippen LogP contribution is 2.25. The van der Waals surface area contributed by atoms with Crippen molar-refractivity contribution >= 4 is 23.6 Å². The minimum Gasteiger partial charge on any atom is -0.497 e. The molecule has 0 aliphatic carbocycles. The van der Waals surface area contributed by atoms with Crippen molar-refractivity contribution in [3.8, 4) is 5.75 Å². The molecule has 2 aromatic heterocycles. The third kappa shape index (κ3) is 4.43. The Balaban J connectivity index is 1.57. The number of aromatic nitrogens is 4. The lowest BCUT2D eigenvalue weighted by Gasteiger charge is -2.27. The smallest absolute Gasteiger partial charge is 0.359 e. The van der Waals surface area contributed by atoms with E-state index in [2.05, 4.69) is 13.8 Å². The number of benzene rings is 1. The van der Waals surface area contributed by atoms with Crippen molar-refractivity contribution in [2.45, 2.75) is 32.9 Å². The number of methoxy groups -OCH3 is 1. The number of carbonyl (C=O) groups is 2. The first-order chi connectivity index (χ1) is 15.1. The lowest BCUT2D eigenvalue weighted by molar-refractivity contribution is 0.0513. The van der Waals surface area contributed by atoms with Crippen LogP contribution in [-0.2, 0) is 30.7 Å². The molecular formula is C21H23N5O4S. The lowest BCUT2D eigenvalue weighted by atomic mass is 10.0. The van der Waals surface area contributed by atoms with Crippen molar-refractivity contribution in [3.05, 3.63) is 58.7 Å². The molecule has 31 heavy (non-hydrogen) atoms. The number of ether oxygens (including phenoxy) is 2. The average Bonchev–Trinajstić information content (AvgIpc) is 3.46. The Labute approximate surface area is 183 Å². The zero-order valence-electron chi connectivity index (χ0n) is 17.4. The molecule has 3 heterocycles. The van der Waals surface area contributed by atoms with E-state index in [4.69, 9.17) is 9.47 Å².